The molecule has 1 fully saturated rings. The SMILES string of the molecule is CN[C@H](C(=O)N1C[C@H](O)[C@H](F)[C@H]1C(=O)N[C@@H](C)c1ccc(-c2sccc2C)cc1)C(C)(C)C. The van der Waals surface area contributed by atoms with Crippen LogP contribution in [0.1, 0.15) is 44.9 Å². The Morgan fingerprint density at radius 3 is 2.36 bits per heavy atom. The number of alkyl halides is 1. The zero-order valence-electron chi connectivity index (χ0n) is 20.1. The van der Waals surface area contributed by atoms with Gasteiger partial charge in [-0.3, -0.25) is 9.59 Å². The monoisotopic (exact) mass is 475 g/mol. The molecule has 1 aromatic carbocycles. The summed E-state index contributed by atoms with van der Waals surface area (Å²) in [4.78, 5) is 28.6. The van der Waals surface area contributed by atoms with Crippen molar-refractivity contribution in [2.24, 2.45) is 5.41 Å². The number of likely N-dealkylation sites (tertiary alicyclic amines) is 1. The molecule has 3 rings (SSSR count). The van der Waals surface area contributed by atoms with E-state index < -0.39 is 41.6 Å². The summed E-state index contributed by atoms with van der Waals surface area (Å²) in [6.45, 7) is 9.35. The van der Waals surface area contributed by atoms with E-state index in [1.807, 2.05) is 52.0 Å². The minimum absolute atomic E-state index is 0.213. The number of aliphatic hydroxyl groups excluding tert-OH is 1. The Balaban J connectivity index is 1.75. The van der Waals surface area contributed by atoms with Gasteiger partial charge in [0.15, 0.2) is 6.17 Å². The van der Waals surface area contributed by atoms with Gasteiger partial charge in [0.25, 0.3) is 0 Å². The average molecular weight is 476 g/mol. The minimum atomic E-state index is -1.84. The van der Waals surface area contributed by atoms with E-state index in [4.69, 9.17) is 0 Å². The van der Waals surface area contributed by atoms with Crippen LogP contribution in [0.3, 0.4) is 0 Å². The average Bonchev–Trinajstić information content (AvgIpc) is 3.30. The summed E-state index contributed by atoms with van der Waals surface area (Å²) in [5.74, 6) is -1.01. The number of aliphatic hydroxyl groups is 1. The van der Waals surface area contributed by atoms with Gasteiger partial charge < -0.3 is 20.6 Å². The van der Waals surface area contributed by atoms with E-state index in [1.54, 1.807) is 18.4 Å². The first-order valence-corrected chi connectivity index (χ1v) is 12.1. The lowest BCUT2D eigenvalue weighted by Gasteiger charge is -2.35. The van der Waals surface area contributed by atoms with E-state index in [2.05, 4.69) is 29.0 Å². The summed E-state index contributed by atoms with van der Waals surface area (Å²) >= 11 is 1.68. The van der Waals surface area contributed by atoms with Gasteiger partial charge in [0.2, 0.25) is 11.8 Å². The van der Waals surface area contributed by atoms with Gasteiger partial charge in [0.1, 0.15) is 12.1 Å². The quantitative estimate of drug-likeness (QED) is 0.598. The van der Waals surface area contributed by atoms with Crippen molar-refractivity contribution in [2.75, 3.05) is 13.6 Å². The van der Waals surface area contributed by atoms with Crippen LogP contribution in [0.15, 0.2) is 35.7 Å². The number of thiophene rings is 1. The zero-order valence-corrected chi connectivity index (χ0v) is 20.9. The molecule has 0 saturated carbocycles. The molecule has 0 aliphatic carbocycles. The second kappa shape index (κ2) is 9.91. The van der Waals surface area contributed by atoms with Crippen molar-refractivity contribution in [1.29, 1.82) is 0 Å². The van der Waals surface area contributed by atoms with Crippen molar-refractivity contribution in [3.63, 3.8) is 0 Å². The standard InChI is InChI=1S/C25H34FN3O3S/c1-14-11-12-33-21(14)17-9-7-16(8-10-17)15(2)28-23(31)20-19(26)18(30)13-29(20)24(32)22(27-6)25(3,4)5/h7-12,15,18-20,22,27,30H,13H2,1-6H3,(H,28,31)/t15-,18-,19-,20-,22+/m0/s1. The van der Waals surface area contributed by atoms with Crippen molar-refractivity contribution >= 4 is 23.2 Å². The predicted octanol–water partition coefficient (Wildman–Crippen LogP) is 3.44. The number of benzene rings is 1. The van der Waals surface area contributed by atoms with Crippen molar-refractivity contribution in [3.05, 3.63) is 46.8 Å². The highest BCUT2D eigenvalue weighted by Crippen LogP contribution is 2.31. The van der Waals surface area contributed by atoms with Gasteiger partial charge >= 0.3 is 0 Å². The zero-order chi connectivity index (χ0) is 24.5. The number of hydrogen-bond acceptors (Lipinski definition) is 5. The van der Waals surface area contributed by atoms with Crippen molar-refractivity contribution in [2.45, 2.75) is 65.0 Å². The van der Waals surface area contributed by atoms with Crippen LogP contribution in [0.25, 0.3) is 10.4 Å². The summed E-state index contributed by atoms with van der Waals surface area (Å²) in [6.07, 6.45) is -3.24. The molecule has 1 aliphatic heterocycles. The molecule has 2 amide bonds. The Morgan fingerprint density at radius 1 is 1.21 bits per heavy atom. The normalized spacial score (nSPS) is 22.8. The fourth-order valence-electron chi connectivity index (χ4n) is 4.38. The third-order valence-corrected chi connectivity index (χ3v) is 7.30. The van der Waals surface area contributed by atoms with Gasteiger partial charge in [0, 0.05) is 4.88 Å². The second-order valence-corrected chi connectivity index (χ2v) is 10.7. The van der Waals surface area contributed by atoms with Crippen molar-refractivity contribution in [3.8, 4) is 10.4 Å². The Kier molecular flexibility index (Phi) is 7.61. The first kappa shape index (κ1) is 25.3. The molecule has 0 bridgehead atoms. The van der Waals surface area contributed by atoms with E-state index >= 15 is 0 Å². The largest absolute Gasteiger partial charge is 0.388 e. The van der Waals surface area contributed by atoms with Gasteiger partial charge in [-0.15, -0.1) is 11.3 Å². The Bertz CT molecular complexity index is 986. The summed E-state index contributed by atoms with van der Waals surface area (Å²) in [6, 6.07) is 7.59. The molecule has 180 valence electrons. The molecule has 0 unspecified atom stereocenters. The number of carbonyl (C=O) groups excluding carboxylic acids is 2. The first-order chi connectivity index (χ1) is 15.5. The number of nitrogens with one attached hydrogen (secondary N) is 2. The maximum atomic E-state index is 14.9. The number of β-amino-alcohol motifs (C(OH)–C–C–N with tert-alkyl or cyclic N) is 1. The molecule has 0 spiro atoms. The third kappa shape index (κ3) is 5.28. The molecule has 2 heterocycles. The summed E-state index contributed by atoms with van der Waals surface area (Å²) < 4.78 is 14.9. The van der Waals surface area contributed by atoms with Crippen LogP contribution in [0, 0.1) is 12.3 Å². The lowest BCUT2D eigenvalue weighted by molar-refractivity contribution is -0.143. The Morgan fingerprint density at radius 2 is 1.85 bits per heavy atom. The minimum Gasteiger partial charge on any atom is -0.388 e. The Labute approximate surface area is 199 Å². The molecule has 6 nitrogen and oxygen atoms in total. The van der Waals surface area contributed by atoms with E-state index in [0.29, 0.717) is 0 Å². The van der Waals surface area contributed by atoms with Crippen LogP contribution in [-0.4, -0.2) is 59.8 Å². The van der Waals surface area contributed by atoms with E-state index in [1.165, 1.54) is 15.3 Å². The number of likely N-dealkylation sites (N-methyl/N-ethyl adjacent to an activating group) is 1. The van der Waals surface area contributed by atoms with Gasteiger partial charge in [-0.1, -0.05) is 45.0 Å². The van der Waals surface area contributed by atoms with Crippen molar-refractivity contribution < 1.29 is 19.1 Å². The van der Waals surface area contributed by atoms with E-state index in [9.17, 15) is 19.1 Å². The smallest absolute Gasteiger partial charge is 0.246 e. The molecule has 33 heavy (non-hydrogen) atoms. The van der Waals surface area contributed by atoms with Gasteiger partial charge in [-0.05, 0) is 54.4 Å². The topological polar surface area (TPSA) is 81.7 Å². The predicted molar refractivity (Wildman–Crippen MR) is 130 cm³/mol. The van der Waals surface area contributed by atoms with Gasteiger partial charge in [-0.2, -0.15) is 0 Å². The van der Waals surface area contributed by atoms with E-state index in [-0.39, 0.29) is 12.6 Å². The molecule has 3 N–H and O–H groups in total. The molecule has 1 aromatic heterocycles. The lowest BCUT2D eigenvalue weighted by atomic mass is 9.85. The lowest BCUT2D eigenvalue weighted by Crippen LogP contribution is -2.57. The third-order valence-electron chi connectivity index (χ3n) is 6.24. The van der Waals surface area contributed by atoms with E-state index in [0.717, 1.165) is 11.1 Å². The number of carbonyl (C=O) groups is 2. The number of halogens is 1. The molecule has 1 aliphatic rings. The summed E-state index contributed by atoms with van der Waals surface area (Å²) in [5, 5.41) is 18.0. The van der Waals surface area contributed by atoms with Crippen LogP contribution in [-0.2, 0) is 9.59 Å². The molecular weight excluding hydrogens is 441 g/mol. The van der Waals surface area contributed by atoms with Crippen LogP contribution < -0.4 is 10.6 Å². The molecule has 8 heteroatoms. The fourth-order valence-corrected chi connectivity index (χ4v) is 5.31. The van der Waals surface area contributed by atoms with Crippen LogP contribution in [0.4, 0.5) is 4.39 Å². The fraction of sp³-hybridized carbons (Fsp3) is 0.520. The number of hydrogen-bond donors (Lipinski definition) is 3. The van der Waals surface area contributed by atoms with Crippen LogP contribution in [0.2, 0.25) is 0 Å². The first-order valence-electron chi connectivity index (χ1n) is 11.2. The van der Waals surface area contributed by atoms with Gasteiger partial charge in [-0.25, -0.2) is 4.39 Å². The highest BCUT2D eigenvalue weighted by Gasteiger charge is 2.50. The Hall–Kier alpha value is -2.29. The maximum Gasteiger partial charge on any atom is 0.246 e. The molecular formula is C25H34FN3O3S. The van der Waals surface area contributed by atoms with Crippen LogP contribution in [0.5, 0.6) is 0 Å². The van der Waals surface area contributed by atoms with Crippen LogP contribution >= 0.6 is 11.3 Å². The highest BCUT2D eigenvalue weighted by atomic mass is 32.1. The molecule has 1 saturated heterocycles. The number of rotatable bonds is 6. The van der Waals surface area contributed by atoms with Crippen molar-refractivity contribution in [1.82, 2.24) is 15.5 Å². The molecule has 0 radical (unpaired) electrons. The molecule has 5 atom stereocenters. The summed E-state index contributed by atoms with van der Waals surface area (Å²) in [7, 11) is 1.66. The second-order valence-electron chi connectivity index (χ2n) is 9.82. The maximum absolute atomic E-state index is 14.9. The number of amides is 2. The number of aryl methyl sites for hydroxylation is 1. The number of nitrogens with zero attached hydrogens (tertiary/aromatic N) is 1. The highest BCUT2D eigenvalue weighted by molar-refractivity contribution is 7.13. The summed E-state index contributed by atoms with van der Waals surface area (Å²) in [5.41, 5.74) is 2.74. The molecule has 2 aromatic rings. The van der Waals surface area contributed by atoms with Gasteiger partial charge in [0.05, 0.1) is 18.6 Å².